The van der Waals surface area contributed by atoms with Crippen LogP contribution < -0.4 is 10.6 Å². The summed E-state index contributed by atoms with van der Waals surface area (Å²) in [5, 5.41) is 0. The van der Waals surface area contributed by atoms with Crippen LogP contribution in [0.4, 0.5) is 10.1 Å². The molecular weight excluding hydrogens is 271 g/mol. The summed E-state index contributed by atoms with van der Waals surface area (Å²) >= 11 is 4.85. The third kappa shape index (κ3) is 3.33. The molecule has 0 radical (unpaired) electrons. The summed E-state index contributed by atoms with van der Waals surface area (Å²) in [5.74, 6) is -0.315. The molecule has 0 aliphatic heterocycles. The molecule has 2 aromatic carbocycles. The average molecular weight is 288 g/mol. The van der Waals surface area contributed by atoms with Gasteiger partial charge in [0.2, 0.25) is 0 Å². The molecule has 0 amide bonds. The van der Waals surface area contributed by atoms with Gasteiger partial charge in [0.1, 0.15) is 10.8 Å². The van der Waals surface area contributed by atoms with Gasteiger partial charge in [-0.25, -0.2) is 4.39 Å². The lowest BCUT2D eigenvalue weighted by molar-refractivity contribution is 0.622. The summed E-state index contributed by atoms with van der Waals surface area (Å²) in [5.41, 5.74) is 8.92. The van der Waals surface area contributed by atoms with Crippen molar-refractivity contribution in [2.24, 2.45) is 5.73 Å². The fraction of sp³-hybridized carbons (Fsp3) is 0.188. The maximum absolute atomic E-state index is 14.1. The van der Waals surface area contributed by atoms with Crippen LogP contribution in [0.3, 0.4) is 0 Å². The molecule has 2 rings (SSSR count). The molecule has 0 saturated carbocycles. The van der Waals surface area contributed by atoms with Crippen molar-refractivity contribution in [1.29, 1.82) is 0 Å². The molecule has 0 aromatic heterocycles. The highest BCUT2D eigenvalue weighted by Crippen LogP contribution is 2.21. The van der Waals surface area contributed by atoms with Gasteiger partial charge in [0, 0.05) is 19.2 Å². The molecule has 0 saturated heterocycles. The Morgan fingerprint density at radius 3 is 2.40 bits per heavy atom. The first-order valence-electron chi connectivity index (χ1n) is 6.33. The van der Waals surface area contributed by atoms with Crippen molar-refractivity contribution in [1.82, 2.24) is 0 Å². The number of anilines is 1. The van der Waals surface area contributed by atoms with Gasteiger partial charge in [-0.05, 0) is 30.7 Å². The Labute approximate surface area is 124 Å². The molecule has 0 aliphatic rings. The lowest BCUT2D eigenvalue weighted by atomic mass is 10.1. The van der Waals surface area contributed by atoms with Crippen LogP contribution in [0, 0.1) is 12.7 Å². The van der Waals surface area contributed by atoms with E-state index in [1.807, 2.05) is 31.0 Å². The number of thiocarbonyl (C=S) groups is 1. The largest absolute Gasteiger partial charge is 0.389 e. The number of nitrogens with two attached hydrogens (primary N) is 1. The Morgan fingerprint density at radius 1 is 1.20 bits per heavy atom. The van der Waals surface area contributed by atoms with E-state index in [9.17, 15) is 4.39 Å². The SMILES string of the molecule is Cc1ccc(CN(C)c2ccc(C(N)=S)cc2F)cc1. The van der Waals surface area contributed by atoms with Crippen molar-refractivity contribution in [2.75, 3.05) is 11.9 Å². The van der Waals surface area contributed by atoms with Crippen molar-refractivity contribution in [3.05, 3.63) is 65.0 Å². The number of aryl methyl sites for hydroxylation is 1. The van der Waals surface area contributed by atoms with Gasteiger partial charge in [0.15, 0.2) is 0 Å². The normalized spacial score (nSPS) is 10.3. The van der Waals surface area contributed by atoms with E-state index in [1.165, 1.54) is 11.6 Å². The van der Waals surface area contributed by atoms with E-state index < -0.39 is 0 Å². The van der Waals surface area contributed by atoms with E-state index in [0.717, 1.165) is 5.56 Å². The lowest BCUT2D eigenvalue weighted by Crippen LogP contribution is -2.18. The fourth-order valence-electron chi connectivity index (χ4n) is 2.02. The highest BCUT2D eigenvalue weighted by Gasteiger charge is 2.10. The first-order chi connectivity index (χ1) is 9.47. The summed E-state index contributed by atoms with van der Waals surface area (Å²) in [6, 6.07) is 13.0. The van der Waals surface area contributed by atoms with Gasteiger partial charge in [-0.3, -0.25) is 0 Å². The highest BCUT2D eigenvalue weighted by molar-refractivity contribution is 7.80. The molecule has 2 N–H and O–H groups in total. The minimum Gasteiger partial charge on any atom is -0.389 e. The quantitative estimate of drug-likeness (QED) is 0.874. The lowest BCUT2D eigenvalue weighted by Gasteiger charge is -2.20. The number of rotatable bonds is 4. The van der Waals surface area contributed by atoms with Gasteiger partial charge < -0.3 is 10.6 Å². The third-order valence-electron chi connectivity index (χ3n) is 3.18. The molecule has 104 valence electrons. The van der Waals surface area contributed by atoms with Crippen LogP contribution in [0.2, 0.25) is 0 Å². The van der Waals surface area contributed by atoms with Crippen molar-refractivity contribution in [3.8, 4) is 0 Å². The van der Waals surface area contributed by atoms with Crippen LogP contribution in [-0.4, -0.2) is 12.0 Å². The van der Waals surface area contributed by atoms with Crippen LogP contribution in [0.15, 0.2) is 42.5 Å². The van der Waals surface area contributed by atoms with Gasteiger partial charge in [-0.15, -0.1) is 0 Å². The Bertz CT molecular complexity index is 623. The molecule has 2 aromatic rings. The highest BCUT2D eigenvalue weighted by atomic mass is 32.1. The standard InChI is InChI=1S/C16H17FN2S/c1-11-3-5-12(6-4-11)10-19(2)15-8-7-13(16(18)20)9-14(15)17/h3-9H,10H2,1-2H3,(H2,18,20). The first kappa shape index (κ1) is 14.5. The second-order valence-electron chi connectivity index (χ2n) is 4.87. The Balaban J connectivity index is 2.18. The predicted octanol–water partition coefficient (Wildman–Crippen LogP) is 3.40. The first-order valence-corrected chi connectivity index (χ1v) is 6.74. The van der Waals surface area contributed by atoms with Gasteiger partial charge in [-0.2, -0.15) is 0 Å². The summed E-state index contributed by atoms with van der Waals surface area (Å²) in [6.45, 7) is 2.69. The molecule has 0 heterocycles. The van der Waals surface area contributed by atoms with E-state index in [2.05, 4.69) is 12.1 Å². The molecule has 0 unspecified atom stereocenters. The molecule has 0 fully saturated rings. The van der Waals surface area contributed by atoms with Crippen molar-refractivity contribution in [2.45, 2.75) is 13.5 Å². The van der Waals surface area contributed by atoms with Crippen LogP contribution in [0.1, 0.15) is 16.7 Å². The zero-order chi connectivity index (χ0) is 14.7. The molecule has 20 heavy (non-hydrogen) atoms. The van der Waals surface area contributed by atoms with Crippen LogP contribution in [0.5, 0.6) is 0 Å². The van der Waals surface area contributed by atoms with Crippen molar-refractivity contribution < 1.29 is 4.39 Å². The van der Waals surface area contributed by atoms with Crippen molar-refractivity contribution >= 4 is 22.9 Å². The monoisotopic (exact) mass is 288 g/mol. The predicted molar refractivity (Wildman–Crippen MR) is 85.6 cm³/mol. The molecular formula is C16H17FN2S. The zero-order valence-electron chi connectivity index (χ0n) is 11.6. The fourth-order valence-corrected chi connectivity index (χ4v) is 2.15. The molecule has 0 atom stereocenters. The number of hydrogen-bond donors (Lipinski definition) is 1. The molecule has 0 bridgehead atoms. The maximum atomic E-state index is 14.1. The Morgan fingerprint density at radius 2 is 1.85 bits per heavy atom. The molecule has 0 spiro atoms. The third-order valence-corrected chi connectivity index (χ3v) is 3.42. The Hall–Kier alpha value is -1.94. The van der Waals surface area contributed by atoms with Crippen molar-refractivity contribution in [3.63, 3.8) is 0 Å². The minimum absolute atomic E-state index is 0.205. The van der Waals surface area contributed by atoms with E-state index >= 15 is 0 Å². The van der Waals surface area contributed by atoms with E-state index in [1.54, 1.807) is 12.1 Å². The molecule has 2 nitrogen and oxygen atoms in total. The van der Waals surface area contributed by atoms with Crippen LogP contribution in [-0.2, 0) is 6.54 Å². The maximum Gasteiger partial charge on any atom is 0.147 e. The number of benzene rings is 2. The summed E-state index contributed by atoms with van der Waals surface area (Å²) in [6.07, 6.45) is 0. The minimum atomic E-state index is -0.315. The van der Waals surface area contributed by atoms with E-state index in [4.69, 9.17) is 18.0 Å². The number of hydrogen-bond acceptors (Lipinski definition) is 2. The summed E-state index contributed by atoms with van der Waals surface area (Å²) in [7, 11) is 1.86. The van der Waals surface area contributed by atoms with Gasteiger partial charge in [0.25, 0.3) is 0 Å². The molecule has 4 heteroatoms. The van der Waals surface area contributed by atoms with E-state index in [0.29, 0.717) is 17.8 Å². The van der Waals surface area contributed by atoms with Crippen LogP contribution in [0.25, 0.3) is 0 Å². The summed E-state index contributed by atoms with van der Waals surface area (Å²) in [4.78, 5) is 2.07. The van der Waals surface area contributed by atoms with Gasteiger partial charge >= 0.3 is 0 Å². The van der Waals surface area contributed by atoms with E-state index in [-0.39, 0.29) is 10.8 Å². The topological polar surface area (TPSA) is 29.3 Å². The van der Waals surface area contributed by atoms with Gasteiger partial charge in [-0.1, -0.05) is 42.0 Å². The second-order valence-corrected chi connectivity index (χ2v) is 5.31. The number of nitrogens with zero attached hydrogens (tertiary/aromatic N) is 1. The van der Waals surface area contributed by atoms with Gasteiger partial charge in [0.05, 0.1) is 5.69 Å². The molecule has 0 aliphatic carbocycles. The average Bonchev–Trinajstić information content (AvgIpc) is 2.41. The zero-order valence-corrected chi connectivity index (χ0v) is 12.4. The second kappa shape index (κ2) is 6.01. The Kier molecular flexibility index (Phi) is 4.35. The smallest absolute Gasteiger partial charge is 0.147 e. The number of halogens is 1. The summed E-state index contributed by atoms with van der Waals surface area (Å²) < 4.78 is 14.1. The van der Waals surface area contributed by atoms with Crippen LogP contribution >= 0.6 is 12.2 Å².